The zero-order valence-corrected chi connectivity index (χ0v) is 18.8. The van der Waals surface area contributed by atoms with Crippen molar-refractivity contribution in [3.63, 3.8) is 0 Å². The number of esters is 1. The molecule has 0 bridgehead atoms. The van der Waals surface area contributed by atoms with E-state index in [1.54, 1.807) is 0 Å². The lowest BCUT2D eigenvalue weighted by Crippen LogP contribution is -2.15. The van der Waals surface area contributed by atoms with Crippen molar-refractivity contribution in [3.05, 3.63) is 72.3 Å². The van der Waals surface area contributed by atoms with Gasteiger partial charge in [-0.1, -0.05) is 87.9 Å². The molecule has 2 atom stereocenters. The van der Waals surface area contributed by atoms with Crippen LogP contribution in [0.5, 0.6) is 11.5 Å². The first-order valence-corrected chi connectivity index (χ1v) is 11.8. The molecular formula is C28H32O4. The Morgan fingerprint density at radius 1 is 0.812 bits per heavy atom. The van der Waals surface area contributed by atoms with Crippen molar-refractivity contribution in [1.29, 1.82) is 0 Å². The number of carbonyl (C=O) groups excluding carboxylic acids is 1. The Morgan fingerprint density at radius 2 is 1.59 bits per heavy atom. The molecule has 1 saturated heterocycles. The van der Waals surface area contributed by atoms with Crippen molar-refractivity contribution in [3.8, 4) is 11.5 Å². The van der Waals surface area contributed by atoms with E-state index in [2.05, 4.69) is 6.92 Å². The number of hydrogen-bond donors (Lipinski definition) is 0. The molecule has 0 aliphatic carbocycles. The van der Waals surface area contributed by atoms with Crippen molar-refractivity contribution in [2.45, 2.75) is 64.1 Å². The molecule has 1 aliphatic rings. The number of hydrogen-bond acceptors (Lipinski definition) is 4. The topological polar surface area (TPSA) is 48.1 Å². The van der Waals surface area contributed by atoms with E-state index in [9.17, 15) is 4.79 Å². The van der Waals surface area contributed by atoms with E-state index >= 15 is 0 Å². The average molecular weight is 433 g/mol. The van der Waals surface area contributed by atoms with E-state index < -0.39 is 6.10 Å². The van der Waals surface area contributed by atoms with Gasteiger partial charge in [-0.15, -0.1) is 0 Å². The van der Waals surface area contributed by atoms with E-state index in [0.717, 1.165) is 35.1 Å². The molecule has 4 nitrogen and oxygen atoms in total. The maximum Gasteiger partial charge on any atom is 0.343 e. The van der Waals surface area contributed by atoms with Gasteiger partial charge in [-0.25, -0.2) is 4.79 Å². The van der Waals surface area contributed by atoms with Gasteiger partial charge in [-0.05, 0) is 47.0 Å². The van der Waals surface area contributed by atoms with Gasteiger partial charge < -0.3 is 14.2 Å². The maximum atomic E-state index is 12.5. The molecule has 168 valence electrons. The van der Waals surface area contributed by atoms with Crippen LogP contribution in [0.1, 0.15) is 63.5 Å². The molecule has 1 aliphatic heterocycles. The lowest BCUT2D eigenvalue weighted by molar-refractivity contribution is -0.135. The smallest absolute Gasteiger partial charge is 0.343 e. The summed E-state index contributed by atoms with van der Waals surface area (Å²) in [6, 6.07) is 21.5. The summed E-state index contributed by atoms with van der Waals surface area (Å²) in [6.07, 6.45) is 7.99. The standard InChI is InChI=1S/C28H32O4/c1-2-3-4-5-6-7-10-18-30-24-15-11-14-23(20-24)26-27(32-26)28(29)31-25-17-16-21-12-8-9-13-22(21)19-25/h8-9,11-17,19-20,26-27H,2-7,10,18H2,1H3/t26-,27-/m1/s1. The number of rotatable bonds is 12. The number of ether oxygens (including phenoxy) is 3. The predicted molar refractivity (Wildman–Crippen MR) is 127 cm³/mol. The molecule has 0 amide bonds. The number of fused-ring (bicyclic) bond motifs is 1. The van der Waals surface area contributed by atoms with Crippen LogP contribution in [0.3, 0.4) is 0 Å². The Morgan fingerprint density at radius 3 is 2.44 bits per heavy atom. The Bertz CT molecular complexity index is 1030. The van der Waals surface area contributed by atoms with Crippen molar-refractivity contribution in [2.24, 2.45) is 0 Å². The maximum absolute atomic E-state index is 12.5. The quantitative estimate of drug-likeness (QED) is 0.134. The van der Waals surface area contributed by atoms with Gasteiger partial charge in [0.15, 0.2) is 6.10 Å². The van der Waals surface area contributed by atoms with Gasteiger partial charge in [0.25, 0.3) is 0 Å². The highest BCUT2D eigenvalue weighted by Gasteiger charge is 2.47. The molecule has 0 radical (unpaired) electrons. The van der Waals surface area contributed by atoms with E-state index in [-0.39, 0.29) is 12.1 Å². The fourth-order valence-corrected chi connectivity index (χ4v) is 3.98. The number of unbranched alkanes of at least 4 members (excludes halogenated alkanes) is 6. The highest BCUT2D eigenvalue weighted by atomic mass is 16.6. The van der Waals surface area contributed by atoms with Crippen LogP contribution >= 0.6 is 0 Å². The summed E-state index contributed by atoms with van der Waals surface area (Å²) in [5.74, 6) is 1.00. The third-order valence-electron chi connectivity index (χ3n) is 5.87. The number of carbonyl (C=O) groups is 1. The molecule has 3 aromatic carbocycles. The Hall–Kier alpha value is -2.85. The monoisotopic (exact) mass is 432 g/mol. The van der Waals surface area contributed by atoms with Crippen LogP contribution in [0, 0.1) is 0 Å². The van der Waals surface area contributed by atoms with Crippen LogP contribution < -0.4 is 9.47 Å². The summed E-state index contributed by atoms with van der Waals surface area (Å²) < 4.78 is 17.1. The molecule has 0 spiro atoms. The average Bonchev–Trinajstić information content (AvgIpc) is 3.62. The highest BCUT2D eigenvalue weighted by Crippen LogP contribution is 2.40. The zero-order chi connectivity index (χ0) is 22.2. The molecule has 4 heteroatoms. The Kier molecular flexibility index (Phi) is 7.78. The minimum Gasteiger partial charge on any atom is -0.494 e. The molecule has 3 aromatic rings. The van der Waals surface area contributed by atoms with Crippen molar-refractivity contribution < 1.29 is 19.0 Å². The third kappa shape index (κ3) is 6.10. The normalized spacial score (nSPS) is 17.3. The molecule has 0 saturated carbocycles. The first-order chi connectivity index (χ1) is 15.7. The largest absolute Gasteiger partial charge is 0.494 e. The first kappa shape index (κ1) is 22.3. The van der Waals surface area contributed by atoms with Gasteiger partial charge in [0, 0.05) is 0 Å². The number of epoxide rings is 1. The second-order valence-corrected chi connectivity index (χ2v) is 8.45. The molecular weight excluding hydrogens is 400 g/mol. The summed E-state index contributed by atoms with van der Waals surface area (Å²) >= 11 is 0. The van der Waals surface area contributed by atoms with Crippen molar-refractivity contribution in [2.75, 3.05) is 6.61 Å². The summed E-state index contributed by atoms with van der Waals surface area (Å²) in [7, 11) is 0. The summed E-state index contributed by atoms with van der Waals surface area (Å²) in [4.78, 5) is 12.5. The van der Waals surface area contributed by atoms with E-state index in [1.807, 2.05) is 66.7 Å². The van der Waals surface area contributed by atoms with Crippen molar-refractivity contribution >= 4 is 16.7 Å². The van der Waals surface area contributed by atoms with Crippen LogP contribution in [0.25, 0.3) is 10.8 Å². The van der Waals surface area contributed by atoms with Crippen LogP contribution in [-0.4, -0.2) is 18.7 Å². The van der Waals surface area contributed by atoms with Gasteiger partial charge in [0.1, 0.15) is 17.6 Å². The fraction of sp³-hybridized carbons (Fsp3) is 0.393. The minimum atomic E-state index is -0.570. The predicted octanol–water partition coefficient (Wildman–Crippen LogP) is 7.01. The molecule has 32 heavy (non-hydrogen) atoms. The third-order valence-corrected chi connectivity index (χ3v) is 5.87. The molecule has 0 N–H and O–H groups in total. The second kappa shape index (κ2) is 11.1. The van der Waals surface area contributed by atoms with Gasteiger partial charge >= 0.3 is 5.97 Å². The molecule has 1 fully saturated rings. The molecule has 0 unspecified atom stereocenters. The van der Waals surface area contributed by atoms with Gasteiger partial charge in [-0.2, -0.15) is 0 Å². The van der Waals surface area contributed by atoms with Gasteiger partial charge in [0.2, 0.25) is 0 Å². The van der Waals surface area contributed by atoms with E-state index in [4.69, 9.17) is 14.2 Å². The van der Waals surface area contributed by atoms with E-state index in [0.29, 0.717) is 5.75 Å². The first-order valence-electron chi connectivity index (χ1n) is 11.8. The zero-order valence-electron chi connectivity index (χ0n) is 18.8. The lowest BCUT2D eigenvalue weighted by atomic mass is 10.1. The lowest BCUT2D eigenvalue weighted by Gasteiger charge is -2.07. The van der Waals surface area contributed by atoms with Crippen molar-refractivity contribution in [1.82, 2.24) is 0 Å². The summed E-state index contributed by atoms with van der Waals surface area (Å²) in [6.45, 7) is 2.96. The SMILES string of the molecule is CCCCCCCCCOc1cccc([C@H]2O[C@H]2C(=O)Oc2ccc3ccccc3c2)c1. The Labute approximate surface area is 190 Å². The van der Waals surface area contributed by atoms with Crippen LogP contribution in [0.15, 0.2) is 66.7 Å². The van der Waals surface area contributed by atoms with E-state index in [1.165, 1.54) is 38.5 Å². The Balaban J connectivity index is 1.23. The van der Waals surface area contributed by atoms with Crippen LogP contribution in [0.2, 0.25) is 0 Å². The van der Waals surface area contributed by atoms with Gasteiger partial charge in [0.05, 0.1) is 6.61 Å². The minimum absolute atomic E-state index is 0.273. The summed E-state index contributed by atoms with van der Waals surface area (Å²) in [5.41, 5.74) is 0.947. The molecule has 0 aromatic heterocycles. The summed E-state index contributed by atoms with van der Waals surface area (Å²) in [5, 5.41) is 2.15. The molecule has 1 heterocycles. The van der Waals surface area contributed by atoms with Gasteiger partial charge in [-0.3, -0.25) is 0 Å². The molecule has 4 rings (SSSR count). The van der Waals surface area contributed by atoms with Crippen LogP contribution in [0.4, 0.5) is 0 Å². The highest BCUT2D eigenvalue weighted by molar-refractivity contribution is 5.86. The second-order valence-electron chi connectivity index (χ2n) is 8.45. The number of benzene rings is 3. The van der Waals surface area contributed by atoms with Crippen LogP contribution in [-0.2, 0) is 9.53 Å². The fourth-order valence-electron chi connectivity index (χ4n) is 3.98.